The van der Waals surface area contributed by atoms with Gasteiger partial charge in [-0.15, -0.1) is 0 Å². The fraction of sp³-hybridized carbons (Fsp3) is 0.533. The van der Waals surface area contributed by atoms with E-state index in [1.165, 1.54) is 0 Å². The van der Waals surface area contributed by atoms with Crippen LogP contribution >= 0.6 is 0 Å². The Morgan fingerprint density at radius 3 is 2.78 bits per heavy atom. The third-order valence-electron chi connectivity index (χ3n) is 4.02. The quantitative estimate of drug-likeness (QED) is 0.863. The molecule has 0 aromatic heterocycles. The van der Waals surface area contributed by atoms with Gasteiger partial charge in [-0.3, -0.25) is 4.79 Å². The summed E-state index contributed by atoms with van der Waals surface area (Å²) in [6, 6.07) is 7.11. The summed E-state index contributed by atoms with van der Waals surface area (Å²) in [5.74, 6) is 0.451. The lowest BCUT2D eigenvalue weighted by molar-refractivity contribution is -0.127. The lowest BCUT2D eigenvalue weighted by atomic mass is 9.81. The molecule has 98 valence electrons. The Labute approximate surface area is 108 Å². The maximum Gasteiger partial charge on any atom is 0.223 e. The minimum absolute atomic E-state index is 0.100. The summed E-state index contributed by atoms with van der Waals surface area (Å²) in [6.07, 6.45) is 3.21. The van der Waals surface area contributed by atoms with Crippen LogP contribution in [-0.4, -0.2) is 11.0 Å². The molecular weight excluding hydrogens is 226 g/mol. The molecule has 1 aliphatic rings. The molecule has 0 saturated heterocycles. The van der Waals surface area contributed by atoms with Crippen LogP contribution in [0.4, 0.5) is 0 Å². The second-order valence-corrected chi connectivity index (χ2v) is 5.78. The summed E-state index contributed by atoms with van der Waals surface area (Å²) < 4.78 is 0. The number of carbonyl (C=O) groups excluding carboxylic acids is 1. The molecule has 1 atom stereocenters. The van der Waals surface area contributed by atoms with Gasteiger partial charge in [0, 0.05) is 18.0 Å². The molecule has 18 heavy (non-hydrogen) atoms. The van der Waals surface area contributed by atoms with Gasteiger partial charge in [0.2, 0.25) is 5.91 Å². The highest BCUT2D eigenvalue weighted by molar-refractivity contribution is 5.79. The molecular formula is C15H21NO2. The van der Waals surface area contributed by atoms with Crippen LogP contribution in [0, 0.1) is 11.3 Å². The summed E-state index contributed by atoms with van der Waals surface area (Å²) in [5, 5.41) is 12.6. The summed E-state index contributed by atoms with van der Waals surface area (Å²) in [5.41, 5.74) is 0.865. The number of rotatable bonds is 3. The van der Waals surface area contributed by atoms with E-state index in [9.17, 15) is 9.90 Å². The van der Waals surface area contributed by atoms with Gasteiger partial charge >= 0.3 is 0 Å². The average molecular weight is 247 g/mol. The third-order valence-corrected chi connectivity index (χ3v) is 4.02. The number of hydrogen-bond donors (Lipinski definition) is 2. The predicted octanol–water partition coefficient (Wildman–Crippen LogP) is 2.83. The summed E-state index contributed by atoms with van der Waals surface area (Å²) in [4.78, 5) is 12.2. The van der Waals surface area contributed by atoms with E-state index < -0.39 is 0 Å². The first-order valence-electron chi connectivity index (χ1n) is 6.55. The lowest BCUT2D eigenvalue weighted by Gasteiger charge is -2.25. The van der Waals surface area contributed by atoms with Crippen LogP contribution in [0.3, 0.4) is 0 Å². The third kappa shape index (κ3) is 2.66. The maximum absolute atomic E-state index is 12.2. The fourth-order valence-electron chi connectivity index (χ4n) is 2.78. The van der Waals surface area contributed by atoms with E-state index in [0.29, 0.717) is 6.54 Å². The Kier molecular flexibility index (Phi) is 3.60. The number of aromatic hydroxyl groups is 1. The number of para-hydroxylation sites is 1. The molecule has 1 amide bonds. The summed E-state index contributed by atoms with van der Waals surface area (Å²) in [7, 11) is 0. The smallest absolute Gasteiger partial charge is 0.223 e. The van der Waals surface area contributed by atoms with Crippen molar-refractivity contribution in [1.82, 2.24) is 5.32 Å². The zero-order valence-electron chi connectivity index (χ0n) is 11.1. The first-order valence-corrected chi connectivity index (χ1v) is 6.55. The largest absolute Gasteiger partial charge is 0.508 e. The van der Waals surface area contributed by atoms with Crippen LogP contribution < -0.4 is 5.32 Å². The number of hydrogen-bond acceptors (Lipinski definition) is 2. The van der Waals surface area contributed by atoms with Crippen LogP contribution in [0.1, 0.15) is 38.7 Å². The van der Waals surface area contributed by atoms with Gasteiger partial charge in [0.25, 0.3) is 0 Å². The first kappa shape index (κ1) is 12.9. The van der Waals surface area contributed by atoms with E-state index in [1.54, 1.807) is 12.1 Å². The molecule has 2 N–H and O–H groups in total. The van der Waals surface area contributed by atoms with Crippen LogP contribution in [0.5, 0.6) is 5.75 Å². The molecule has 1 aromatic carbocycles. The van der Waals surface area contributed by atoms with E-state index in [4.69, 9.17) is 0 Å². The molecule has 3 nitrogen and oxygen atoms in total. The zero-order chi connectivity index (χ0) is 13.2. The highest BCUT2D eigenvalue weighted by atomic mass is 16.3. The van der Waals surface area contributed by atoms with Crippen LogP contribution in [-0.2, 0) is 11.3 Å². The van der Waals surface area contributed by atoms with Crippen molar-refractivity contribution >= 4 is 5.91 Å². The number of amides is 1. The number of carbonyl (C=O) groups is 1. The molecule has 1 saturated carbocycles. The van der Waals surface area contributed by atoms with Gasteiger partial charge in [-0.25, -0.2) is 0 Å². The van der Waals surface area contributed by atoms with Crippen LogP contribution in [0.15, 0.2) is 24.3 Å². The molecule has 0 heterocycles. The highest BCUT2D eigenvalue weighted by Crippen LogP contribution is 2.42. The lowest BCUT2D eigenvalue weighted by Crippen LogP contribution is -2.35. The minimum Gasteiger partial charge on any atom is -0.508 e. The second-order valence-electron chi connectivity index (χ2n) is 5.78. The monoisotopic (exact) mass is 247 g/mol. The van der Waals surface area contributed by atoms with Gasteiger partial charge in [-0.2, -0.15) is 0 Å². The number of phenols is 1. The van der Waals surface area contributed by atoms with Gasteiger partial charge in [0.1, 0.15) is 5.75 Å². The van der Waals surface area contributed by atoms with Crippen LogP contribution in [0.2, 0.25) is 0 Å². The minimum atomic E-state index is 0.100. The zero-order valence-corrected chi connectivity index (χ0v) is 11.1. The number of benzene rings is 1. The molecule has 0 radical (unpaired) electrons. The fourth-order valence-corrected chi connectivity index (χ4v) is 2.78. The molecule has 3 heteroatoms. The Morgan fingerprint density at radius 1 is 1.44 bits per heavy atom. The molecule has 0 aliphatic heterocycles. The highest BCUT2D eigenvalue weighted by Gasteiger charge is 2.39. The van der Waals surface area contributed by atoms with E-state index in [0.717, 1.165) is 24.8 Å². The van der Waals surface area contributed by atoms with Crippen LogP contribution in [0.25, 0.3) is 0 Å². The van der Waals surface area contributed by atoms with Crippen molar-refractivity contribution in [2.45, 2.75) is 39.7 Å². The summed E-state index contributed by atoms with van der Waals surface area (Å²) >= 11 is 0. The Hall–Kier alpha value is -1.51. The second kappa shape index (κ2) is 5.01. The van der Waals surface area contributed by atoms with Crippen molar-refractivity contribution in [3.8, 4) is 5.75 Å². The molecule has 1 aromatic rings. The predicted molar refractivity (Wildman–Crippen MR) is 71.1 cm³/mol. The number of nitrogens with one attached hydrogen (secondary N) is 1. The maximum atomic E-state index is 12.2. The van der Waals surface area contributed by atoms with E-state index in [-0.39, 0.29) is 23.0 Å². The van der Waals surface area contributed by atoms with Gasteiger partial charge in [-0.1, -0.05) is 38.5 Å². The Balaban J connectivity index is 1.95. The van der Waals surface area contributed by atoms with E-state index in [2.05, 4.69) is 19.2 Å². The van der Waals surface area contributed by atoms with E-state index in [1.807, 2.05) is 12.1 Å². The molecule has 2 rings (SSSR count). The van der Waals surface area contributed by atoms with Crippen molar-refractivity contribution in [2.75, 3.05) is 0 Å². The normalized spacial score (nSPS) is 21.8. The van der Waals surface area contributed by atoms with Crippen molar-refractivity contribution in [3.63, 3.8) is 0 Å². The molecule has 1 fully saturated rings. The molecule has 1 aliphatic carbocycles. The van der Waals surface area contributed by atoms with Crippen molar-refractivity contribution in [1.29, 1.82) is 0 Å². The van der Waals surface area contributed by atoms with Crippen molar-refractivity contribution < 1.29 is 9.90 Å². The van der Waals surface area contributed by atoms with Crippen molar-refractivity contribution in [2.24, 2.45) is 11.3 Å². The SMILES string of the molecule is CC1(C)CCCC1C(=O)NCc1ccccc1O. The molecule has 1 unspecified atom stereocenters. The average Bonchev–Trinajstić information content (AvgIpc) is 2.67. The summed E-state index contributed by atoms with van der Waals surface area (Å²) in [6.45, 7) is 4.71. The number of phenolic OH excluding ortho intramolecular Hbond substituents is 1. The Morgan fingerprint density at radius 2 is 2.17 bits per heavy atom. The van der Waals surface area contributed by atoms with Gasteiger partial charge < -0.3 is 10.4 Å². The van der Waals surface area contributed by atoms with Crippen molar-refractivity contribution in [3.05, 3.63) is 29.8 Å². The van der Waals surface area contributed by atoms with Gasteiger partial charge in [0.15, 0.2) is 0 Å². The Bertz CT molecular complexity index is 440. The van der Waals surface area contributed by atoms with Gasteiger partial charge in [-0.05, 0) is 24.3 Å². The standard InChI is InChI=1S/C15H21NO2/c1-15(2)9-5-7-12(15)14(18)16-10-11-6-3-4-8-13(11)17/h3-4,6,8,12,17H,5,7,9-10H2,1-2H3,(H,16,18). The topological polar surface area (TPSA) is 49.3 Å². The molecule has 0 spiro atoms. The van der Waals surface area contributed by atoms with Gasteiger partial charge in [0.05, 0.1) is 0 Å². The first-order chi connectivity index (χ1) is 8.50. The van der Waals surface area contributed by atoms with E-state index >= 15 is 0 Å². The molecule has 0 bridgehead atoms.